The summed E-state index contributed by atoms with van der Waals surface area (Å²) in [6.45, 7) is 5.04. The standard InChI is InChI=1S/C13H20N2O4S/c1-5-19-13(16)8-15(4)20(17,18)12-7-11(14)6-9(2)10(12)3/h6-7H,5,8,14H2,1-4H3. The molecule has 2 N–H and O–H groups in total. The number of nitrogen functional groups attached to an aromatic ring is 1. The molecule has 0 amide bonds. The number of nitrogens with two attached hydrogens (primary N) is 1. The van der Waals surface area contributed by atoms with E-state index in [2.05, 4.69) is 0 Å². The molecule has 0 fully saturated rings. The van der Waals surface area contributed by atoms with Gasteiger partial charge in [0, 0.05) is 12.7 Å². The number of rotatable bonds is 5. The van der Waals surface area contributed by atoms with Crippen molar-refractivity contribution in [1.82, 2.24) is 4.31 Å². The van der Waals surface area contributed by atoms with E-state index in [1.54, 1.807) is 26.8 Å². The number of hydrogen-bond acceptors (Lipinski definition) is 5. The third-order valence-electron chi connectivity index (χ3n) is 2.99. The number of sulfonamides is 1. The van der Waals surface area contributed by atoms with Crippen LogP contribution in [0.15, 0.2) is 17.0 Å². The Kier molecular flexibility index (Phi) is 5.13. The fraction of sp³-hybridized carbons (Fsp3) is 0.462. The van der Waals surface area contributed by atoms with Crippen LogP contribution in [0.25, 0.3) is 0 Å². The molecule has 6 nitrogen and oxygen atoms in total. The Morgan fingerprint density at radius 2 is 1.95 bits per heavy atom. The fourth-order valence-corrected chi connectivity index (χ4v) is 3.21. The van der Waals surface area contributed by atoms with Gasteiger partial charge in [-0.2, -0.15) is 4.31 Å². The molecule has 0 saturated carbocycles. The molecule has 0 aliphatic heterocycles. The predicted molar refractivity (Wildman–Crippen MR) is 76.8 cm³/mol. The molecule has 1 rings (SSSR count). The Morgan fingerprint density at radius 3 is 2.50 bits per heavy atom. The minimum atomic E-state index is -3.78. The maximum Gasteiger partial charge on any atom is 0.321 e. The highest BCUT2D eigenvalue weighted by molar-refractivity contribution is 7.89. The molecule has 0 bridgehead atoms. The molecular weight excluding hydrogens is 280 g/mol. The summed E-state index contributed by atoms with van der Waals surface area (Å²) in [6.07, 6.45) is 0. The number of carbonyl (C=O) groups excluding carboxylic acids is 1. The smallest absolute Gasteiger partial charge is 0.321 e. The van der Waals surface area contributed by atoms with Crippen molar-refractivity contribution in [2.45, 2.75) is 25.7 Å². The predicted octanol–water partition coefficient (Wildman–Crippen LogP) is 1.07. The monoisotopic (exact) mass is 300 g/mol. The quantitative estimate of drug-likeness (QED) is 0.649. The van der Waals surface area contributed by atoms with Gasteiger partial charge in [0.15, 0.2) is 0 Å². The van der Waals surface area contributed by atoms with E-state index in [1.807, 2.05) is 0 Å². The molecule has 7 heteroatoms. The van der Waals surface area contributed by atoms with Crippen LogP contribution < -0.4 is 5.73 Å². The summed E-state index contributed by atoms with van der Waals surface area (Å²) in [5.74, 6) is -0.586. The normalized spacial score (nSPS) is 11.7. The van der Waals surface area contributed by atoms with Crippen molar-refractivity contribution in [2.24, 2.45) is 0 Å². The molecule has 0 spiro atoms. The average Bonchev–Trinajstić information content (AvgIpc) is 2.33. The third-order valence-corrected chi connectivity index (χ3v) is 4.92. The number of anilines is 1. The maximum atomic E-state index is 12.5. The molecule has 112 valence electrons. The molecule has 0 heterocycles. The number of hydrogen-bond donors (Lipinski definition) is 1. The van der Waals surface area contributed by atoms with Gasteiger partial charge in [-0.05, 0) is 44.0 Å². The zero-order chi connectivity index (χ0) is 15.5. The van der Waals surface area contributed by atoms with Gasteiger partial charge in [-0.25, -0.2) is 8.42 Å². The molecule has 0 radical (unpaired) electrons. The summed E-state index contributed by atoms with van der Waals surface area (Å²) < 4.78 is 30.6. The number of ether oxygens (including phenoxy) is 1. The van der Waals surface area contributed by atoms with Crippen LogP contribution >= 0.6 is 0 Å². The van der Waals surface area contributed by atoms with E-state index in [0.29, 0.717) is 11.3 Å². The third kappa shape index (κ3) is 3.49. The van der Waals surface area contributed by atoms with Gasteiger partial charge in [-0.3, -0.25) is 4.79 Å². The van der Waals surface area contributed by atoms with E-state index in [9.17, 15) is 13.2 Å². The van der Waals surface area contributed by atoms with Gasteiger partial charge in [0.2, 0.25) is 10.0 Å². The highest BCUT2D eigenvalue weighted by Crippen LogP contribution is 2.24. The van der Waals surface area contributed by atoms with E-state index in [0.717, 1.165) is 9.87 Å². The molecule has 0 unspecified atom stereocenters. The SMILES string of the molecule is CCOC(=O)CN(C)S(=O)(=O)c1cc(N)cc(C)c1C. The first-order chi connectivity index (χ1) is 9.20. The van der Waals surface area contributed by atoms with E-state index < -0.39 is 16.0 Å². The first-order valence-electron chi connectivity index (χ1n) is 6.18. The Labute approximate surface area is 119 Å². The van der Waals surface area contributed by atoms with Crippen LogP contribution in [0.4, 0.5) is 5.69 Å². The topological polar surface area (TPSA) is 89.7 Å². The van der Waals surface area contributed by atoms with Crippen molar-refractivity contribution in [3.05, 3.63) is 23.3 Å². The lowest BCUT2D eigenvalue weighted by Crippen LogP contribution is -2.33. The van der Waals surface area contributed by atoms with Gasteiger partial charge in [0.1, 0.15) is 6.54 Å². The van der Waals surface area contributed by atoms with Gasteiger partial charge in [0.05, 0.1) is 11.5 Å². The second-order valence-electron chi connectivity index (χ2n) is 4.53. The van der Waals surface area contributed by atoms with Gasteiger partial charge in [-0.15, -0.1) is 0 Å². The van der Waals surface area contributed by atoms with Crippen molar-refractivity contribution < 1.29 is 17.9 Å². The van der Waals surface area contributed by atoms with Gasteiger partial charge in [0.25, 0.3) is 0 Å². The van der Waals surface area contributed by atoms with Crippen LogP contribution in [-0.2, 0) is 19.6 Å². The van der Waals surface area contributed by atoms with Gasteiger partial charge in [-0.1, -0.05) is 0 Å². The number of likely N-dealkylation sites (N-methyl/N-ethyl adjacent to an activating group) is 1. The van der Waals surface area contributed by atoms with Crippen LogP contribution in [0.5, 0.6) is 0 Å². The lowest BCUT2D eigenvalue weighted by Gasteiger charge is -2.19. The summed E-state index contributed by atoms with van der Waals surface area (Å²) in [6, 6.07) is 3.11. The van der Waals surface area contributed by atoms with Crippen molar-refractivity contribution in [3.63, 3.8) is 0 Å². The van der Waals surface area contributed by atoms with Crippen LogP contribution in [0.2, 0.25) is 0 Å². The van der Waals surface area contributed by atoms with E-state index in [1.165, 1.54) is 13.1 Å². The minimum absolute atomic E-state index is 0.113. The average molecular weight is 300 g/mol. The fourth-order valence-electron chi connectivity index (χ4n) is 1.76. The van der Waals surface area contributed by atoms with Crippen molar-refractivity contribution >= 4 is 21.7 Å². The molecule has 0 atom stereocenters. The molecule has 0 aliphatic carbocycles. The van der Waals surface area contributed by atoms with Crippen molar-refractivity contribution in [1.29, 1.82) is 0 Å². The first kappa shape index (κ1) is 16.5. The Hall–Kier alpha value is -1.60. The van der Waals surface area contributed by atoms with Gasteiger partial charge < -0.3 is 10.5 Å². The highest BCUT2D eigenvalue weighted by atomic mass is 32.2. The summed E-state index contributed by atoms with van der Waals surface area (Å²) in [4.78, 5) is 11.5. The Bertz CT molecular complexity index is 611. The molecule has 0 aromatic heterocycles. The zero-order valence-corrected chi connectivity index (χ0v) is 13.0. The highest BCUT2D eigenvalue weighted by Gasteiger charge is 2.26. The van der Waals surface area contributed by atoms with Crippen LogP contribution in [0.1, 0.15) is 18.1 Å². The number of esters is 1. The summed E-state index contributed by atoms with van der Waals surface area (Å²) in [5, 5.41) is 0. The first-order valence-corrected chi connectivity index (χ1v) is 7.62. The molecular formula is C13H20N2O4S. The second-order valence-corrected chi connectivity index (χ2v) is 6.54. The molecule has 0 saturated heterocycles. The molecule has 1 aromatic carbocycles. The van der Waals surface area contributed by atoms with Gasteiger partial charge >= 0.3 is 5.97 Å². The number of carbonyl (C=O) groups is 1. The lowest BCUT2D eigenvalue weighted by molar-refractivity contribution is -0.143. The van der Waals surface area contributed by atoms with Crippen LogP contribution in [0, 0.1) is 13.8 Å². The maximum absolute atomic E-state index is 12.5. The van der Waals surface area contributed by atoms with Crippen molar-refractivity contribution in [2.75, 3.05) is 25.9 Å². The summed E-state index contributed by atoms with van der Waals surface area (Å²) in [5.41, 5.74) is 7.48. The van der Waals surface area contributed by atoms with Crippen molar-refractivity contribution in [3.8, 4) is 0 Å². The minimum Gasteiger partial charge on any atom is -0.465 e. The van der Waals surface area contributed by atoms with E-state index in [-0.39, 0.29) is 18.0 Å². The largest absolute Gasteiger partial charge is 0.465 e. The summed E-state index contributed by atoms with van der Waals surface area (Å²) >= 11 is 0. The van der Waals surface area contributed by atoms with Crippen LogP contribution in [0.3, 0.4) is 0 Å². The van der Waals surface area contributed by atoms with E-state index >= 15 is 0 Å². The number of benzene rings is 1. The Balaban J connectivity index is 3.14. The molecule has 1 aromatic rings. The lowest BCUT2D eigenvalue weighted by atomic mass is 10.1. The Morgan fingerprint density at radius 1 is 1.35 bits per heavy atom. The van der Waals surface area contributed by atoms with Crippen LogP contribution in [-0.4, -0.2) is 38.9 Å². The number of aryl methyl sites for hydroxylation is 1. The summed E-state index contributed by atoms with van der Waals surface area (Å²) in [7, 11) is -2.44. The zero-order valence-electron chi connectivity index (χ0n) is 12.1. The second kappa shape index (κ2) is 6.23. The van der Waals surface area contributed by atoms with E-state index in [4.69, 9.17) is 10.5 Å². The number of nitrogens with zero attached hydrogens (tertiary/aromatic N) is 1. The molecule has 20 heavy (non-hydrogen) atoms. The molecule has 0 aliphatic rings.